The number of thiophene rings is 1. The fourth-order valence-corrected chi connectivity index (χ4v) is 5.34. The van der Waals surface area contributed by atoms with E-state index in [1.54, 1.807) is 11.3 Å². The number of hydrogen-bond donors (Lipinski definition) is 1. The number of carbonyl (C=O) groups is 1. The molecule has 2 aromatic carbocycles. The Bertz CT molecular complexity index is 1200. The number of ether oxygens (including phenoxy) is 1. The minimum Gasteiger partial charge on any atom is -0.493 e. The van der Waals surface area contributed by atoms with Crippen molar-refractivity contribution < 1.29 is 14.6 Å². The second kappa shape index (κ2) is 11.9. The van der Waals surface area contributed by atoms with Gasteiger partial charge in [0, 0.05) is 26.6 Å². The number of benzene rings is 2. The minimum atomic E-state index is -0.916. The molecule has 0 radical (unpaired) electrons. The topological polar surface area (TPSA) is 46.5 Å². The molecule has 1 N–H and O–H groups in total. The Hall–Kier alpha value is -2.59. The predicted octanol–water partition coefficient (Wildman–Crippen LogP) is 9.51. The molecule has 0 aliphatic heterocycles. The van der Waals surface area contributed by atoms with Gasteiger partial charge in [0.25, 0.3) is 0 Å². The third-order valence-corrected chi connectivity index (χ3v) is 8.22. The highest BCUT2D eigenvalue weighted by atomic mass is 32.1. The van der Waals surface area contributed by atoms with Crippen LogP contribution in [-0.2, 0) is 4.79 Å². The van der Waals surface area contributed by atoms with Crippen molar-refractivity contribution >= 4 is 33.0 Å². The number of allylic oxidation sites excluding steroid dienone is 1. The fraction of sp³-hybridized carbons (Fsp3) is 0.452. The smallest absolute Gasteiger partial charge is 0.328 e. The van der Waals surface area contributed by atoms with E-state index in [2.05, 4.69) is 77.9 Å². The third-order valence-electron chi connectivity index (χ3n) is 6.99. The Morgan fingerprint density at radius 1 is 1.03 bits per heavy atom. The molecule has 3 nitrogen and oxygen atoms in total. The van der Waals surface area contributed by atoms with Crippen molar-refractivity contribution in [1.82, 2.24) is 0 Å². The van der Waals surface area contributed by atoms with Crippen LogP contribution in [0.25, 0.3) is 26.8 Å². The molecule has 188 valence electrons. The van der Waals surface area contributed by atoms with E-state index < -0.39 is 5.97 Å². The van der Waals surface area contributed by atoms with Crippen molar-refractivity contribution in [2.24, 2.45) is 5.92 Å². The first-order valence-electron chi connectivity index (χ1n) is 12.9. The molecule has 0 aliphatic carbocycles. The Balaban J connectivity index is 2.28. The van der Waals surface area contributed by atoms with Crippen LogP contribution in [0.2, 0.25) is 0 Å². The Kier molecular flexibility index (Phi) is 9.18. The molecule has 0 bridgehead atoms. The van der Waals surface area contributed by atoms with E-state index >= 15 is 0 Å². The zero-order chi connectivity index (χ0) is 25.7. The maximum absolute atomic E-state index is 11.3. The molecule has 0 saturated carbocycles. The molecule has 0 spiro atoms. The molecule has 3 rings (SSSR count). The molecule has 0 fully saturated rings. The molecule has 1 aromatic heterocycles. The lowest BCUT2D eigenvalue weighted by Crippen LogP contribution is -2.08. The zero-order valence-corrected chi connectivity index (χ0v) is 23.1. The Labute approximate surface area is 214 Å². The molecule has 35 heavy (non-hydrogen) atoms. The van der Waals surface area contributed by atoms with Crippen LogP contribution in [0.1, 0.15) is 95.6 Å². The minimum absolute atomic E-state index is 0.393. The lowest BCUT2D eigenvalue weighted by Gasteiger charge is -2.23. The van der Waals surface area contributed by atoms with E-state index in [4.69, 9.17) is 4.74 Å². The van der Waals surface area contributed by atoms with Crippen LogP contribution in [-0.4, -0.2) is 17.7 Å². The summed E-state index contributed by atoms with van der Waals surface area (Å²) in [5.74, 6) is 1.52. The summed E-state index contributed by atoms with van der Waals surface area (Å²) in [6, 6.07) is 13.2. The highest BCUT2D eigenvalue weighted by molar-refractivity contribution is 7.20. The Morgan fingerprint density at radius 3 is 2.37 bits per heavy atom. The van der Waals surface area contributed by atoms with Gasteiger partial charge < -0.3 is 9.84 Å². The van der Waals surface area contributed by atoms with Crippen molar-refractivity contribution in [3.05, 3.63) is 58.5 Å². The van der Waals surface area contributed by atoms with Gasteiger partial charge in [-0.1, -0.05) is 59.7 Å². The number of hydrogen-bond acceptors (Lipinski definition) is 3. The number of rotatable bonds is 11. The van der Waals surface area contributed by atoms with Gasteiger partial charge in [0.15, 0.2) is 0 Å². The van der Waals surface area contributed by atoms with Gasteiger partial charge in [0.2, 0.25) is 0 Å². The highest BCUT2D eigenvalue weighted by Gasteiger charge is 2.21. The normalized spacial score (nSPS) is 13.9. The fourth-order valence-electron chi connectivity index (χ4n) is 4.28. The third kappa shape index (κ3) is 6.35. The van der Waals surface area contributed by atoms with Crippen LogP contribution < -0.4 is 4.74 Å². The highest BCUT2D eigenvalue weighted by Crippen LogP contribution is 2.45. The lowest BCUT2D eigenvalue weighted by molar-refractivity contribution is -0.131. The second-order valence-corrected chi connectivity index (χ2v) is 11.2. The van der Waals surface area contributed by atoms with E-state index in [0.29, 0.717) is 24.4 Å². The van der Waals surface area contributed by atoms with E-state index in [9.17, 15) is 9.90 Å². The maximum atomic E-state index is 11.3. The number of carboxylic acid groups (broad SMARTS) is 1. The molecular weight excluding hydrogens is 452 g/mol. The molecule has 1 heterocycles. The molecule has 2 atom stereocenters. The van der Waals surface area contributed by atoms with Gasteiger partial charge in [-0.3, -0.25) is 0 Å². The molecule has 4 heteroatoms. The summed E-state index contributed by atoms with van der Waals surface area (Å²) >= 11 is 1.64. The van der Waals surface area contributed by atoms with Crippen molar-refractivity contribution in [1.29, 1.82) is 0 Å². The van der Waals surface area contributed by atoms with Crippen LogP contribution >= 0.6 is 11.3 Å². The van der Waals surface area contributed by atoms with Crippen LogP contribution in [0.15, 0.2) is 42.5 Å². The first kappa shape index (κ1) is 27.0. The number of carboxylic acids is 1. The van der Waals surface area contributed by atoms with Crippen molar-refractivity contribution in [3.8, 4) is 16.9 Å². The summed E-state index contributed by atoms with van der Waals surface area (Å²) in [7, 11) is 0. The van der Waals surface area contributed by atoms with Crippen LogP contribution in [0.4, 0.5) is 0 Å². The second-order valence-electron chi connectivity index (χ2n) is 10.1. The average Bonchev–Trinajstić information content (AvgIpc) is 3.27. The number of aliphatic carboxylic acids is 1. The molecular formula is C31H40O3S. The average molecular weight is 493 g/mol. The quantitative estimate of drug-likeness (QED) is 0.271. The number of fused-ring (bicyclic) bond motifs is 1. The monoisotopic (exact) mass is 492 g/mol. The SMILES string of the molecule is CCC(C)c1cc(-c2cccc3sc(/C(C)=C/C(=O)O)cc23)c(OCCC(C)C)c(C(C)CC)c1. The summed E-state index contributed by atoms with van der Waals surface area (Å²) in [5.41, 5.74) is 5.72. The maximum Gasteiger partial charge on any atom is 0.328 e. The summed E-state index contributed by atoms with van der Waals surface area (Å²) in [4.78, 5) is 12.2. The van der Waals surface area contributed by atoms with Gasteiger partial charge in [-0.05, 0) is 84.4 Å². The predicted molar refractivity (Wildman–Crippen MR) is 151 cm³/mol. The standard InChI is InChI=1S/C31H40O3S/c1-8-20(5)23-16-25(21(6)9-2)31(34-14-13-19(3)4)27(17-23)24-11-10-12-28-26(24)18-29(35-28)22(7)15-30(32)33/h10-12,15-21H,8-9,13-14H2,1-7H3,(H,32,33)/b22-15+. The Morgan fingerprint density at radius 2 is 1.74 bits per heavy atom. The van der Waals surface area contributed by atoms with Gasteiger partial charge in [-0.2, -0.15) is 0 Å². The molecule has 0 amide bonds. The summed E-state index contributed by atoms with van der Waals surface area (Å²) in [6.07, 6.45) is 4.43. The van der Waals surface area contributed by atoms with E-state index in [-0.39, 0.29) is 0 Å². The lowest BCUT2D eigenvalue weighted by atomic mass is 9.86. The van der Waals surface area contributed by atoms with Gasteiger partial charge in [0.05, 0.1) is 6.61 Å². The first-order chi connectivity index (χ1) is 16.7. The summed E-state index contributed by atoms with van der Waals surface area (Å²) in [6.45, 7) is 16.1. The van der Waals surface area contributed by atoms with Gasteiger partial charge in [-0.15, -0.1) is 11.3 Å². The van der Waals surface area contributed by atoms with Gasteiger partial charge in [0.1, 0.15) is 5.75 Å². The van der Waals surface area contributed by atoms with E-state index in [1.807, 2.05) is 6.92 Å². The van der Waals surface area contributed by atoms with Gasteiger partial charge >= 0.3 is 5.97 Å². The molecule has 3 aromatic rings. The van der Waals surface area contributed by atoms with Crippen molar-refractivity contribution in [3.63, 3.8) is 0 Å². The van der Waals surface area contributed by atoms with Crippen molar-refractivity contribution in [2.75, 3.05) is 6.61 Å². The summed E-state index contributed by atoms with van der Waals surface area (Å²) < 4.78 is 7.75. The largest absolute Gasteiger partial charge is 0.493 e. The van der Waals surface area contributed by atoms with E-state index in [0.717, 1.165) is 56.7 Å². The summed E-state index contributed by atoms with van der Waals surface area (Å²) in [5, 5.41) is 10.4. The molecule has 2 unspecified atom stereocenters. The van der Waals surface area contributed by atoms with Crippen LogP contribution in [0, 0.1) is 5.92 Å². The van der Waals surface area contributed by atoms with Crippen LogP contribution in [0.3, 0.4) is 0 Å². The van der Waals surface area contributed by atoms with E-state index in [1.165, 1.54) is 17.2 Å². The molecule has 0 aliphatic rings. The van der Waals surface area contributed by atoms with Gasteiger partial charge in [-0.25, -0.2) is 4.79 Å². The van der Waals surface area contributed by atoms with Crippen LogP contribution in [0.5, 0.6) is 5.75 Å². The van der Waals surface area contributed by atoms with Crippen molar-refractivity contribution in [2.45, 2.75) is 79.6 Å². The first-order valence-corrected chi connectivity index (χ1v) is 13.7. The molecule has 0 saturated heterocycles. The zero-order valence-electron chi connectivity index (χ0n) is 22.3.